The third kappa shape index (κ3) is 4.63. The van der Waals surface area contributed by atoms with E-state index in [9.17, 15) is 22.8 Å². The third-order valence-electron chi connectivity index (χ3n) is 3.76. The maximum absolute atomic E-state index is 13.1. The first-order valence-electron chi connectivity index (χ1n) is 7.58. The molecule has 0 saturated carbocycles. The van der Waals surface area contributed by atoms with E-state index in [0.717, 1.165) is 10.8 Å². The third-order valence-corrected chi connectivity index (χ3v) is 6.79. The van der Waals surface area contributed by atoms with E-state index in [4.69, 9.17) is 23.2 Å². The summed E-state index contributed by atoms with van der Waals surface area (Å²) in [5, 5.41) is 1.78. The van der Waals surface area contributed by atoms with Crippen molar-refractivity contribution in [3.63, 3.8) is 0 Å². The molecule has 0 aliphatic carbocycles. The highest BCUT2D eigenvalue weighted by molar-refractivity contribution is 7.93. The number of rotatable bonds is 5. The number of halogens is 2. The molecule has 0 aliphatic heterocycles. The van der Waals surface area contributed by atoms with Crippen LogP contribution in [0.5, 0.6) is 0 Å². The highest BCUT2D eigenvalue weighted by atomic mass is 35.5. The van der Waals surface area contributed by atoms with E-state index in [-0.39, 0.29) is 20.6 Å². The molecule has 2 N–H and O–H groups in total. The van der Waals surface area contributed by atoms with E-state index < -0.39 is 23.9 Å². The topological polar surface area (TPSA) is 94.9 Å². The predicted molar refractivity (Wildman–Crippen MR) is 107 cm³/mol. The molecule has 0 bridgehead atoms. The summed E-state index contributed by atoms with van der Waals surface area (Å²) in [7, 11) is -9.04. The Bertz CT molecular complexity index is 1140. The smallest absolute Gasteiger partial charge is 0.323 e. The van der Waals surface area contributed by atoms with Gasteiger partial charge in [-0.05, 0) is 41.1 Å². The molecule has 3 aromatic rings. The Kier molecular flexibility index (Phi) is 5.54. The molecule has 0 saturated heterocycles. The number of fused-ring (bicyclic) bond motifs is 1. The Morgan fingerprint density at radius 2 is 1.48 bits per heavy atom. The van der Waals surface area contributed by atoms with Crippen molar-refractivity contribution in [3.05, 3.63) is 70.7 Å². The molecule has 0 aromatic heterocycles. The molecule has 3 aromatic carbocycles. The van der Waals surface area contributed by atoms with Crippen LogP contribution in [0.15, 0.2) is 65.6 Å². The molecule has 3 rings (SSSR count). The molecule has 142 valence electrons. The first kappa shape index (κ1) is 20.1. The molecular formula is C17H14Cl2NO5PS. The average molecular weight is 446 g/mol. The largest absolute Gasteiger partial charge is 0.345 e. The van der Waals surface area contributed by atoms with Crippen molar-refractivity contribution in [1.82, 2.24) is 0 Å². The quantitative estimate of drug-likeness (QED) is 0.564. The Morgan fingerprint density at radius 3 is 2.07 bits per heavy atom. The summed E-state index contributed by atoms with van der Waals surface area (Å²) in [6.07, 6.45) is -1.02. The molecule has 0 spiro atoms. The van der Waals surface area contributed by atoms with Gasteiger partial charge in [-0.2, -0.15) is 0 Å². The van der Waals surface area contributed by atoms with Crippen molar-refractivity contribution >= 4 is 57.3 Å². The highest BCUT2D eigenvalue weighted by Crippen LogP contribution is 2.40. The maximum atomic E-state index is 13.1. The van der Waals surface area contributed by atoms with Crippen molar-refractivity contribution in [3.8, 4) is 0 Å². The minimum Gasteiger partial charge on any atom is -0.323 e. The lowest BCUT2D eigenvalue weighted by molar-refractivity contribution is 0.373. The maximum Gasteiger partial charge on any atom is 0.345 e. The van der Waals surface area contributed by atoms with Crippen molar-refractivity contribution in [2.24, 2.45) is 0 Å². The molecule has 6 nitrogen and oxygen atoms in total. The van der Waals surface area contributed by atoms with Crippen LogP contribution >= 0.6 is 30.8 Å². The predicted octanol–water partition coefficient (Wildman–Crippen LogP) is 4.48. The number of anilines is 1. The standard InChI is InChI=1S/C17H14Cl2NO5PS/c18-14-8-15(19)10-17(9-14)27(24,25)20(11-26(21,22)23)16-6-5-12-3-1-2-4-13(12)7-16/h1-10H,11H2,(H2,21,22,23). The lowest BCUT2D eigenvalue weighted by atomic mass is 10.1. The van der Waals surface area contributed by atoms with E-state index in [0.29, 0.717) is 4.31 Å². The monoisotopic (exact) mass is 445 g/mol. The summed E-state index contributed by atoms with van der Waals surface area (Å²) < 4.78 is 38.5. The fourth-order valence-corrected chi connectivity index (χ4v) is 6.01. The van der Waals surface area contributed by atoms with Crippen molar-refractivity contribution in [2.45, 2.75) is 4.90 Å². The summed E-state index contributed by atoms with van der Waals surface area (Å²) >= 11 is 11.8. The zero-order valence-corrected chi connectivity index (χ0v) is 16.9. The van der Waals surface area contributed by atoms with Crippen LogP contribution in [0, 0.1) is 0 Å². The second kappa shape index (κ2) is 7.43. The van der Waals surface area contributed by atoms with E-state index in [1.165, 1.54) is 24.3 Å². The lowest BCUT2D eigenvalue weighted by Crippen LogP contribution is -2.32. The van der Waals surface area contributed by atoms with Crippen LogP contribution in [-0.2, 0) is 14.6 Å². The molecule has 0 unspecified atom stereocenters. The second-order valence-electron chi connectivity index (χ2n) is 5.80. The van der Waals surface area contributed by atoms with Gasteiger partial charge in [0.25, 0.3) is 10.0 Å². The van der Waals surface area contributed by atoms with Crippen LogP contribution in [0.3, 0.4) is 0 Å². The van der Waals surface area contributed by atoms with E-state index in [2.05, 4.69) is 0 Å². The van der Waals surface area contributed by atoms with E-state index >= 15 is 0 Å². The fraction of sp³-hybridized carbons (Fsp3) is 0.0588. The fourth-order valence-electron chi connectivity index (χ4n) is 2.60. The van der Waals surface area contributed by atoms with Crippen molar-refractivity contribution in [2.75, 3.05) is 10.6 Å². The molecule has 0 aliphatic rings. The molecule has 10 heteroatoms. The SMILES string of the molecule is O=P(O)(O)CN(c1ccc2ccccc2c1)S(=O)(=O)c1cc(Cl)cc(Cl)c1. The summed E-state index contributed by atoms with van der Waals surface area (Å²) in [5.41, 5.74) is 0.119. The molecule has 0 amide bonds. The number of nitrogens with zero attached hydrogens (tertiary/aromatic N) is 1. The van der Waals surface area contributed by atoms with Crippen LogP contribution in [0.1, 0.15) is 0 Å². The van der Waals surface area contributed by atoms with Crippen LogP contribution < -0.4 is 4.31 Å². The van der Waals surface area contributed by atoms with Gasteiger partial charge in [-0.25, -0.2) is 8.42 Å². The van der Waals surface area contributed by atoms with Gasteiger partial charge in [0.05, 0.1) is 10.6 Å². The average Bonchev–Trinajstić information content (AvgIpc) is 2.57. The normalized spacial score (nSPS) is 12.3. The summed E-state index contributed by atoms with van der Waals surface area (Å²) in [5.74, 6) is 0. The van der Waals surface area contributed by atoms with Crippen LogP contribution in [-0.4, -0.2) is 24.5 Å². The number of sulfonamides is 1. The Hall–Kier alpha value is -1.60. The zero-order valence-electron chi connectivity index (χ0n) is 13.7. The van der Waals surface area contributed by atoms with Gasteiger partial charge in [0.2, 0.25) is 0 Å². The first-order valence-corrected chi connectivity index (χ1v) is 11.6. The zero-order chi connectivity index (χ0) is 19.8. The summed E-state index contributed by atoms with van der Waals surface area (Å²) in [4.78, 5) is 18.6. The minimum absolute atomic E-state index is 0.0933. The van der Waals surface area contributed by atoms with Gasteiger partial charge in [0, 0.05) is 10.0 Å². The number of hydrogen-bond acceptors (Lipinski definition) is 3. The lowest BCUT2D eigenvalue weighted by Gasteiger charge is -2.25. The van der Waals surface area contributed by atoms with Gasteiger partial charge in [-0.3, -0.25) is 8.87 Å². The van der Waals surface area contributed by atoms with Gasteiger partial charge in [-0.15, -0.1) is 0 Å². The number of benzene rings is 3. The summed E-state index contributed by atoms with van der Waals surface area (Å²) in [6, 6.07) is 15.7. The molecule has 27 heavy (non-hydrogen) atoms. The van der Waals surface area contributed by atoms with Crippen LogP contribution in [0.2, 0.25) is 10.0 Å². The molecule has 0 radical (unpaired) electrons. The molecule has 0 atom stereocenters. The summed E-state index contributed by atoms with van der Waals surface area (Å²) in [6.45, 7) is 0. The van der Waals surface area contributed by atoms with E-state index in [1.54, 1.807) is 24.3 Å². The van der Waals surface area contributed by atoms with Gasteiger partial charge < -0.3 is 9.79 Å². The van der Waals surface area contributed by atoms with Crippen LogP contribution in [0.4, 0.5) is 5.69 Å². The molecule has 0 heterocycles. The Labute approximate surface area is 166 Å². The number of hydrogen-bond donors (Lipinski definition) is 2. The highest BCUT2D eigenvalue weighted by Gasteiger charge is 2.31. The van der Waals surface area contributed by atoms with Gasteiger partial charge in [0.15, 0.2) is 0 Å². The minimum atomic E-state index is -4.71. The second-order valence-corrected chi connectivity index (χ2v) is 10.1. The molecular weight excluding hydrogens is 432 g/mol. The molecule has 0 fully saturated rings. The van der Waals surface area contributed by atoms with Crippen molar-refractivity contribution < 1.29 is 22.8 Å². The van der Waals surface area contributed by atoms with Gasteiger partial charge in [0.1, 0.15) is 6.29 Å². The van der Waals surface area contributed by atoms with E-state index in [1.807, 2.05) is 12.1 Å². The van der Waals surface area contributed by atoms with Gasteiger partial charge in [-0.1, -0.05) is 53.5 Å². The Balaban J connectivity index is 2.19. The van der Waals surface area contributed by atoms with Crippen LogP contribution in [0.25, 0.3) is 10.8 Å². The van der Waals surface area contributed by atoms with Gasteiger partial charge >= 0.3 is 7.60 Å². The Morgan fingerprint density at radius 1 is 0.889 bits per heavy atom. The first-order chi connectivity index (χ1) is 12.6. The van der Waals surface area contributed by atoms with Crippen molar-refractivity contribution in [1.29, 1.82) is 0 Å².